The Morgan fingerprint density at radius 1 is 1.39 bits per heavy atom. The predicted molar refractivity (Wildman–Crippen MR) is 68.0 cm³/mol. The lowest BCUT2D eigenvalue weighted by atomic mass is 9.89. The zero-order valence-corrected chi connectivity index (χ0v) is 10.8. The van der Waals surface area contributed by atoms with Gasteiger partial charge >= 0.3 is 0 Å². The van der Waals surface area contributed by atoms with Crippen molar-refractivity contribution in [3.05, 3.63) is 30.1 Å². The summed E-state index contributed by atoms with van der Waals surface area (Å²) in [5, 5.41) is 0. The molecule has 2 heterocycles. The minimum atomic E-state index is -0.362. The van der Waals surface area contributed by atoms with Crippen LogP contribution in [0.4, 0.5) is 0 Å². The van der Waals surface area contributed by atoms with Gasteiger partial charge in [0, 0.05) is 37.3 Å². The SMILES string of the molecule is CC1(C)CC(=O)CCN1C(=O)Cc1ccncc1. The van der Waals surface area contributed by atoms with Crippen LogP contribution in [0.5, 0.6) is 0 Å². The second kappa shape index (κ2) is 4.88. The first kappa shape index (κ1) is 12.7. The highest BCUT2D eigenvalue weighted by atomic mass is 16.2. The largest absolute Gasteiger partial charge is 0.336 e. The lowest BCUT2D eigenvalue weighted by Gasteiger charge is -2.41. The number of carbonyl (C=O) groups is 2. The molecule has 1 aliphatic rings. The van der Waals surface area contributed by atoms with Crippen LogP contribution in [0.25, 0.3) is 0 Å². The molecule has 0 bridgehead atoms. The van der Waals surface area contributed by atoms with Crippen LogP contribution >= 0.6 is 0 Å². The topological polar surface area (TPSA) is 50.3 Å². The van der Waals surface area contributed by atoms with Crippen LogP contribution in [-0.4, -0.2) is 33.7 Å². The Hall–Kier alpha value is -1.71. The molecule has 1 aromatic heterocycles. The predicted octanol–water partition coefficient (Wildman–Crippen LogP) is 1.59. The molecule has 0 saturated carbocycles. The van der Waals surface area contributed by atoms with Crippen molar-refractivity contribution in [2.24, 2.45) is 0 Å². The molecule has 4 heteroatoms. The molecular formula is C14H18N2O2. The first-order valence-corrected chi connectivity index (χ1v) is 6.20. The summed E-state index contributed by atoms with van der Waals surface area (Å²) in [6, 6.07) is 3.69. The second-order valence-electron chi connectivity index (χ2n) is 5.36. The number of Topliss-reactive ketones (excluding diaryl/α,β-unsaturated/α-hetero) is 1. The van der Waals surface area contributed by atoms with Gasteiger partial charge in [-0.3, -0.25) is 14.6 Å². The molecule has 1 aromatic rings. The van der Waals surface area contributed by atoms with E-state index in [9.17, 15) is 9.59 Å². The van der Waals surface area contributed by atoms with Gasteiger partial charge in [-0.2, -0.15) is 0 Å². The minimum absolute atomic E-state index is 0.0821. The Kier molecular flexibility index (Phi) is 3.45. The Bertz CT molecular complexity index is 454. The maximum absolute atomic E-state index is 12.3. The number of aromatic nitrogens is 1. The molecule has 0 N–H and O–H groups in total. The third kappa shape index (κ3) is 2.75. The Morgan fingerprint density at radius 2 is 2.06 bits per heavy atom. The smallest absolute Gasteiger partial charge is 0.227 e. The van der Waals surface area contributed by atoms with Crippen molar-refractivity contribution < 1.29 is 9.59 Å². The lowest BCUT2D eigenvalue weighted by molar-refractivity contribution is -0.141. The van der Waals surface area contributed by atoms with E-state index in [0.717, 1.165) is 5.56 Å². The minimum Gasteiger partial charge on any atom is -0.336 e. The van der Waals surface area contributed by atoms with Gasteiger partial charge in [-0.1, -0.05) is 0 Å². The summed E-state index contributed by atoms with van der Waals surface area (Å²) < 4.78 is 0. The molecule has 4 nitrogen and oxygen atoms in total. The summed E-state index contributed by atoms with van der Waals surface area (Å²) in [7, 11) is 0. The maximum Gasteiger partial charge on any atom is 0.227 e. The van der Waals surface area contributed by atoms with Crippen LogP contribution in [-0.2, 0) is 16.0 Å². The molecule has 0 aliphatic carbocycles. The van der Waals surface area contributed by atoms with Gasteiger partial charge in [-0.05, 0) is 31.5 Å². The summed E-state index contributed by atoms with van der Waals surface area (Å²) >= 11 is 0. The van der Waals surface area contributed by atoms with E-state index < -0.39 is 0 Å². The van der Waals surface area contributed by atoms with Gasteiger partial charge in [0.05, 0.1) is 6.42 Å². The zero-order chi connectivity index (χ0) is 13.2. The lowest BCUT2D eigenvalue weighted by Crippen LogP contribution is -2.53. The highest BCUT2D eigenvalue weighted by Crippen LogP contribution is 2.26. The third-order valence-electron chi connectivity index (χ3n) is 3.38. The fraction of sp³-hybridized carbons (Fsp3) is 0.500. The molecule has 96 valence electrons. The monoisotopic (exact) mass is 246 g/mol. The molecule has 0 atom stereocenters. The van der Waals surface area contributed by atoms with Gasteiger partial charge in [0.1, 0.15) is 5.78 Å². The van der Waals surface area contributed by atoms with Crippen LogP contribution in [0.3, 0.4) is 0 Å². The van der Waals surface area contributed by atoms with Crippen molar-refractivity contribution in [2.75, 3.05) is 6.54 Å². The quantitative estimate of drug-likeness (QED) is 0.796. The van der Waals surface area contributed by atoms with Crippen LogP contribution in [0.15, 0.2) is 24.5 Å². The van der Waals surface area contributed by atoms with E-state index in [2.05, 4.69) is 4.98 Å². The standard InChI is InChI=1S/C14H18N2O2/c1-14(2)10-12(17)5-8-16(14)13(18)9-11-3-6-15-7-4-11/h3-4,6-7H,5,8-10H2,1-2H3. The van der Waals surface area contributed by atoms with Crippen LogP contribution in [0.2, 0.25) is 0 Å². The Morgan fingerprint density at radius 3 is 2.67 bits per heavy atom. The van der Waals surface area contributed by atoms with Crippen molar-refractivity contribution >= 4 is 11.7 Å². The van der Waals surface area contributed by atoms with E-state index in [1.165, 1.54) is 0 Å². The molecule has 2 rings (SSSR count). The zero-order valence-electron chi connectivity index (χ0n) is 10.8. The summed E-state index contributed by atoms with van der Waals surface area (Å²) in [6.45, 7) is 4.44. The Labute approximate surface area is 107 Å². The number of pyridine rings is 1. The average molecular weight is 246 g/mol. The number of hydrogen-bond donors (Lipinski definition) is 0. The van der Waals surface area contributed by atoms with Crippen molar-refractivity contribution in [3.63, 3.8) is 0 Å². The molecule has 0 unspecified atom stereocenters. The fourth-order valence-corrected chi connectivity index (χ4v) is 2.44. The van der Waals surface area contributed by atoms with E-state index in [1.807, 2.05) is 30.9 Å². The first-order chi connectivity index (χ1) is 8.49. The maximum atomic E-state index is 12.3. The normalized spacial score (nSPS) is 18.8. The highest BCUT2D eigenvalue weighted by Gasteiger charge is 2.36. The van der Waals surface area contributed by atoms with Crippen molar-refractivity contribution in [1.82, 2.24) is 9.88 Å². The number of rotatable bonds is 2. The van der Waals surface area contributed by atoms with Gasteiger partial charge < -0.3 is 4.90 Å². The van der Waals surface area contributed by atoms with E-state index >= 15 is 0 Å². The summed E-state index contributed by atoms with van der Waals surface area (Å²) in [5.74, 6) is 0.326. The second-order valence-corrected chi connectivity index (χ2v) is 5.36. The van der Waals surface area contributed by atoms with Crippen LogP contribution in [0, 0.1) is 0 Å². The van der Waals surface area contributed by atoms with Crippen LogP contribution < -0.4 is 0 Å². The molecule has 0 aromatic carbocycles. The molecule has 1 amide bonds. The van der Waals surface area contributed by atoms with Gasteiger partial charge in [0.2, 0.25) is 5.91 Å². The van der Waals surface area contributed by atoms with Gasteiger partial charge in [0.15, 0.2) is 0 Å². The van der Waals surface area contributed by atoms with E-state index in [1.54, 1.807) is 12.4 Å². The van der Waals surface area contributed by atoms with E-state index in [-0.39, 0.29) is 17.2 Å². The number of nitrogens with zero attached hydrogens (tertiary/aromatic N) is 2. The van der Waals surface area contributed by atoms with Gasteiger partial charge in [-0.25, -0.2) is 0 Å². The number of likely N-dealkylation sites (tertiary alicyclic amines) is 1. The number of carbonyl (C=O) groups excluding carboxylic acids is 2. The Balaban J connectivity index is 2.07. The molecule has 18 heavy (non-hydrogen) atoms. The summed E-state index contributed by atoms with van der Waals surface area (Å²) in [6.07, 6.45) is 4.68. The molecule has 0 spiro atoms. The van der Waals surface area contributed by atoms with Gasteiger partial charge in [-0.15, -0.1) is 0 Å². The molecule has 1 saturated heterocycles. The third-order valence-corrected chi connectivity index (χ3v) is 3.38. The molecule has 1 fully saturated rings. The van der Waals surface area contributed by atoms with Crippen molar-refractivity contribution in [1.29, 1.82) is 0 Å². The molecule has 0 radical (unpaired) electrons. The first-order valence-electron chi connectivity index (χ1n) is 6.20. The average Bonchev–Trinajstić information content (AvgIpc) is 2.28. The van der Waals surface area contributed by atoms with E-state index in [4.69, 9.17) is 0 Å². The summed E-state index contributed by atoms with van der Waals surface area (Å²) in [5.41, 5.74) is 0.599. The number of hydrogen-bond acceptors (Lipinski definition) is 3. The van der Waals surface area contributed by atoms with Crippen molar-refractivity contribution in [2.45, 2.75) is 38.6 Å². The summed E-state index contributed by atoms with van der Waals surface area (Å²) in [4.78, 5) is 29.5. The molecule has 1 aliphatic heterocycles. The van der Waals surface area contributed by atoms with Crippen molar-refractivity contribution in [3.8, 4) is 0 Å². The fourth-order valence-electron chi connectivity index (χ4n) is 2.44. The number of ketones is 1. The van der Waals surface area contributed by atoms with Crippen LogP contribution in [0.1, 0.15) is 32.3 Å². The van der Waals surface area contributed by atoms with E-state index in [0.29, 0.717) is 25.8 Å². The molecular weight excluding hydrogens is 228 g/mol. The number of amides is 1. The highest BCUT2D eigenvalue weighted by molar-refractivity contribution is 5.85. The number of piperidine rings is 1. The van der Waals surface area contributed by atoms with Gasteiger partial charge in [0.25, 0.3) is 0 Å².